The number of amides is 3. The number of carbonyl (C=O) groups is 3. The van der Waals surface area contributed by atoms with Crippen molar-refractivity contribution in [2.75, 3.05) is 32.8 Å². The largest absolute Gasteiger partial charge is 0.481 e. The van der Waals surface area contributed by atoms with Gasteiger partial charge in [0.15, 0.2) is 0 Å². The van der Waals surface area contributed by atoms with E-state index in [1.165, 1.54) is 4.90 Å². The minimum absolute atomic E-state index is 0.0620. The second-order valence-corrected chi connectivity index (χ2v) is 5.36. The standard InChI is InChI=1S/C13H21N3O5/c1-9-8-15(4-2-6-21-9)13(20)16-5-3-14-12(19)10(16)7-11(17)18/h9-10H,2-8H2,1H3,(H,14,19)(H,17,18). The lowest BCUT2D eigenvalue weighted by Gasteiger charge is -2.37. The number of ether oxygens (including phenoxy) is 1. The summed E-state index contributed by atoms with van der Waals surface area (Å²) in [6.07, 6.45) is 0.296. The van der Waals surface area contributed by atoms with E-state index in [1.807, 2.05) is 6.92 Å². The summed E-state index contributed by atoms with van der Waals surface area (Å²) in [6, 6.07) is -1.23. The number of carbonyl (C=O) groups excluding carboxylic acids is 2. The van der Waals surface area contributed by atoms with Crippen molar-refractivity contribution in [2.45, 2.75) is 31.9 Å². The molecule has 21 heavy (non-hydrogen) atoms. The topological polar surface area (TPSA) is 99.2 Å². The highest BCUT2D eigenvalue weighted by Gasteiger charge is 2.37. The monoisotopic (exact) mass is 299 g/mol. The third kappa shape index (κ3) is 3.84. The van der Waals surface area contributed by atoms with Crippen molar-refractivity contribution in [3.63, 3.8) is 0 Å². The first-order valence-electron chi connectivity index (χ1n) is 7.15. The van der Waals surface area contributed by atoms with Crippen LogP contribution < -0.4 is 5.32 Å². The van der Waals surface area contributed by atoms with Crippen LogP contribution in [0.3, 0.4) is 0 Å². The van der Waals surface area contributed by atoms with Crippen molar-refractivity contribution in [1.82, 2.24) is 15.1 Å². The van der Waals surface area contributed by atoms with Gasteiger partial charge in [0.25, 0.3) is 0 Å². The van der Waals surface area contributed by atoms with Crippen LogP contribution in [0.2, 0.25) is 0 Å². The molecule has 3 amide bonds. The van der Waals surface area contributed by atoms with Crippen LogP contribution in [-0.2, 0) is 14.3 Å². The second-order valence-electron chi connectivity index (χ2n) is 5.36. The third-order valence-corrected chi connectivity index (χ3v) is 3.67. The zero-order valence-corrected chi connectivity index (χ0v) is 12.1. The number of rotatable bonds is 2. The molecule has 0 aromatic heterocycles. The molecule has 0 aliphatic carbocycles. The van der Waals surface area contributed by atoms with Crippen LogP contribution >= 0.6 is 0 Å². The quantitative estimate of drug-likeness (QED) is 0.715. The normalized spacial score (nSPS) is 27.0. The average molecular weight is 299 g/mol. The summed E-state index contributed by atoms with van der Waals surface area (Å²) in [5.74, 6) is -1.50. The van der Waals surface area contributed by atoms with Crippen molar-refractivity contribution >= 4 is 17.9 Å². The number of nitrogens with zero attached hydrogens (tertiary/aromatic N) is 2. The first-order chi connectivity index (χ1) is 9.99. The number of nitrogens with one attached hydrogen (secondary N) is 1. The van der Waals surface area contributed by atoms with E-state index in [0.29, 0.717) is 32.8 Å². The van der Waals surface area contributed by atoms with Crippen molar-refractivity contribution in [2.24, 2.45) is 0 Å². The predicted octanol–water partition coefficient (Wildman–Crippen LogP) is -0.508. The number of aliphatic carboxylic acids is 1. The Hall–Kier alpha value is -1.83. The number of piperazine rings is 1. The number of hydrogen-bond acceptors (Lipinski definition) is 4. The lowest BCUT2D eigenvalue weighted by molar-refractivity contribution is -0.142. The van der Waals surface area contributed by atoms with Gasteiger partial charge < -0.3 is 25.0 Å². The maximum Gasteiger partial charge on any atom is 0.320 e. The van der Waals surface area contributed by atoms with E-state index in [2.05, 4.69) is 5.32 Å². The van der Waals surface area contributed by atoms with Crippen molar-refractivity contribution in [1.29, 1.82) is 0 Å². The van der Waals surface area contributed by atoms with Crippen LogP contribution in [0.5, 0.6) is 0 Å². The zero-order valence-electron chi connectivity index (χ0n) is 12.1. The Kier molecular flexibility index (Phi) is 5.00. The molecule has 2 aliphatic heterocycles. The van der Waals surface area contributed by atoms with Gasteiger partial charge in [-0.25, -0.2) is 4.79 Å². The Morgan fingerprint density at radius 1 is 1.43 bits per heavy atom. The minimum Gasteiger partial charge on any atom is -0.481 e. The summed E-state index contributed by atoms with van der Waals surface area (Å²) in [6.45, 7) is 4.18. The van der Waals surface area contributed by atoms with Gasteiger partial charge in [0.05, 0.1) is 12.5 Å². The lowest BCUT2D eigenvalue weighted by Crippen LogP contribution is -2.60. The van der Waals surface area contributed by atoms with E-state index in [0.717, 1.165) is 6.42 Å². The van der Waals surface area contributed by atoms with Crippen LogP contribution in [0.4, 0.5) is 4.79 Å². The summed E-state index contributed by atoms with van der Waals surface area (Å²) in [5.41, 5.74) is 0. The number of hydrogen-bond donors (Lipinski definition) is 2. The van der Waals surface area contributed by atoms with Gasteiger partial charge in [0.1, 0.15) is 6.04 Å². The van der Waals surface area contributed by atoms with Crippen molar-refractivity contribution < 1.29 is 24.2 Å². The van der Waals surface area contributed by atoms with E-state index < -0.39 is 17.9 Å². The first-order valence-corrected chi connectivity index (χ1v) is 7.15. The molecule has 0 spiro atoms. The maximum absolute atomic E-state index is 12.6. The van der Waals surface area contributed by atoms with E-state index >= 15 is 0 Å². The second kappa shape index (κ2) is 6.75. The number of carboxylic acids is 1. The molecular weight excluding hydrogens is 278 g/mol. The van der Waals surface area contributed by atoms with Gasteiger partial charge in [-0.05, 0) is 13.3 Å². The molecule has 2 unspecified atom stereocenters. The Labute approximate surface area is 123 Å². The summed E-state index contributed by atoms with van der Waals surface area (Å²) in [5, 5.41) is 11.5. The summed E-state index contributed by atoms with van der Waals surface area (Å²) < 4.78 is 5.50. The molecule has 2 aliphatic rings. The molecule has 2 atom stereocenters. The van der Waals surface area contributed by atoms with Gasteiger partial charge >= 0.3 is 12.0 Å². The fraction of sp³-hybridized carbons (Fsp3) is 0.769. The Bertz CT molecular complexity index is 428. The highest BCUT2D eigenvalue weighted by atomic mass is 16.5. The van der Waals surface area contributed by atoms with Crippen LogP contribution in [0, 0.1) is 0 Å². The average Bonchev–Trinajstić information content (AvgIpc) is 2.64. The Morgan fingerprint density at radius 3 is 2.90 bits per heavy atom. The minimum atomic E-state index is -1.09. The van der Waals surface area contributed by atoms with Gasteiger partial charge in [-0.15, -0.1) is 0 Å². The molecule has 0 bridgehead atoms. The zero-order chi connectivity index (χ0) is 15.4. The Morgan fingerprint density at radius 2 is 2.19 bits per heavy atom. The van der Waals surface area contributed by atoms with E-state index in [9.17, 15) is 14.4 Å². The summed E-state index contributed by atoms with van der Waals surface area (Å²) in [7, 11) is 0. The SMILES string of the molecule is CC1CN(C(=O)N2CCNC(=O)C2CC(=O)O)CCCO1. The summed E-state index contributed by atoms with van der Waals surface area (Å²) in [4.78, 5) is 38.4. The first kappa shape index (κ1) is 15.6. The molecule has 0 aromatic rings. The number of carboxylic acid groups (broad SMARTS) is 1. The third-order valence-electron chi connectivity index (χ3n) is 3.67. The highest BCUT2D eigenvalue weighted by Crippen LogP contribution is 2.15. The van der Waals surface area contributed by atoms with Crippen molar-refractivity contribution in [3.05, 3.63) is 0 Å². The van der Waals surface area contributed by atoms with Gasteiger partial charge in [0, 0.05) is 32.8 Å². The smallest absolute Gasteiger partial charge is 0.320 e. The maximum atomic E-state index is 12.6. The number of urea groups is 1. The van der Waals surface area contributed by atoms with Gasteiger partial charge in [-0.3, -0.25) is 9.59 Å². The molecule has 8 nitrogen and oxygen atoms in total. The van der Waals surface area contributed by atoms with E-state index in [4.69, 9.17) is 9.84 Å². The summed E-state index contributed by atoms with van der Waals surface area (Å²) >= 11 is 0. The molecule has 2 saturated heterocycles. The van der Waals surface area contributed by atoms with E-state index in [1.54, 1.807) is 4.90 Å². The van der Waals surface area contributed by atoms with E-state index in [-0.39, 0.29) is 18.6 Å². The van der Waals surface area contributed by atoms with Crippen LogP contribution in [-0.4, -0.2) is 77.7 Å². The fourth-order valence-electron chi connectivity index (χ4n) is 2.66. The van der Waals surface area contributed by atoms with Crippen molar-refractivity contribution in [3.8, 4) is 0 Å². The highest BCUT2D eigenvalue weighted by molar-refractivity contribution is 5.91. The molecule has 2 fully saturated rings. The lowest BCUT2D eigenvalue weighted by atomic mass is 10.1. The van der Waals surface area contributed by atoms with Crippen LogP contribution in [0.15, 0.2) is 0 Å². The van der Waals surface area contributed by atoms with Gasteiger partial charge in [-0.2, -0.15) is 0 Å². The molecular formula is C13H21N3O5. The molecule has 2 N–H and O–H groups in total. The molecule has 2 rings (SSSR count). The molecule has 118 valence electrons. The molecule has 0 aromatic carbocycles. The molecule has 8 heteroatoms. The molecule has 0 saturated carbocycles. The predicted molar refractivity (Wildman–Crippen MR) is 72.8 cm³/mol. The molecule has 2 heterocycles. The van der Waals surface area contributed by atoms with Crippen LogP contribution in [0.25, 0.3) is 0 Å². The van der Waals surface area contributed by atoms with Crippen LogP contribution in [0.1, 0.15) is 19.8 Å². The van der Waals surface area contributed by atoms with Gasteiger partial charge in [0.2, 0.25) is 5.91 Å². The fourth-order valence-corrected chi connectivity index (χ4v) is 2.66. The Balaban J connectivity index is 2.10. The van der Waals surface area contributed by atoms with Gasteiger partial charge in [-0.1, -0.05) is 0 Å². The molecule has 0 radical (unpaired) electrons.